The number of hydrogen-bond donors (Lipinski definition) is 1. The molecule has 1 fully saturated rings. The maximum Gasteiger partial charge on any atom is 0.224 e. The van der Waals surface area contributed by atoms with E-state index in [1.807, 2.05) is 4.90 Å². The summed E-state index contributed by atoms with van der Waals surface area (Å²) in [4.78, 5) is 17.8. The molecule has 1 aromatic rings. The summed E-state index contributed by atoms with van der Waals surface area (Å²) < 4.78 is 0. The molecule has 0 bridgehead atoms. The van der Waals surface area contributed by atoms with Crippen LogP contribution in [0.1, 0.15) is 19.3 Å². The van der Waals surface area contributed by atoms with Crippen molar-refractivity contribution in [1.29, 1.82) is 0 Å². The lowest BCUT2D eigenvalue weighted by molar-refractivity contribution is -0.129. The summed E-state index contributed by atoms with van der Waals surface area (Å²) in [5.74, 6) is 0.852. The van der Waals surface area contributed by atoms with Crippen molar-refractivity contribution in [2.45, 2.75) is 19.3 Å². The summed E-state index contributed by atoms with van der Waals surface area (Å²) >= 11 is 5.95. The highest BCUT2D eigenvalue weighted by Crippen LogP contribution is 2.17. The van der Waals surface area contributed by atoms with Gasteiger partial charge in [0.05, 0.1) is 5.02 Å². The summed E-state index contributed by atoms with van der Waals surface area (Å²) in [5, 5.41) is 3.66. The number of nitrogens with one attached hydrogen (secondary N) is 1. The van der Waals surface area contributed by atoms with Crippen LogP contribution >= 0.6 is 11.6 Å². The van der Waals surface area contributed by atoms with Gasteiger partial charge in [0.25, 0.3) is 0 Å². The first-order chi connectivity index (χ1) is 8.27. The quantitative estimate of drug-likeness (QED) is 0.895. The second-order valence-electron chi connectivity index (χ2n) is 4.10. The predicted octanol–water partition coefficient (Wildman–Crippen LogP) is 2.16. The molecule has 2 heterocycles. The van der Waals surface area contributed by atoms with Crippen molar-refractivity contribution < 1.29 is 4.79 Å². The topological polar surface area (TPSA) is 45.2 Å². The highest BCUT2D eigenvalue weighted by molar-refractivity contribution is 6.32. The zero-order valence-electron chi connectivity index (χ0n) is 9.66. The molecule has 1 amide bonds. The van der Waals surface area contributed by atoms with Crippen molar-refractivity contribution in [3.63, 3.8) is 0 Å². The SMILES string of the molecule is O=C(CCNc1ncccc1Cl)N1CCCC1. The van der Waals surface area contributed by atoms with Crippen LogP contribution in [0.3, 0.4) is 0 Å². The van der Waals surface area contributed by atoms with Crippen molar-refractivity contribution >= 4 is 23.3 Å². The summed E-state index contributed by atoms with van der Waals surface area (Å²) in [5.41, 5.74) is 0. The molecular formula is C12H16ClN3O. The molecule has 2 rings (SSSR count). The van der Waals surface area contributed by atoms with Crippen LogP contribution in [0, 0.1) is 0 Å². The Balaban J connectivity index is 1.76. The van der Waals surface area contributed by atoms with E-state index in [9.17, 15) is 4.79 Å². The Morgan fingerprint density at radius 1 is 1.47 bits per heavy atom. The highest BCUT2D eigenvalue weighted by atomic mass is 35.5. The summed E-state index contributed by atoms with van der Waals surface area (Å²) in [6.45, 7) is 2.39. The molecule has 17 heavy (non-hydrogen) atoms. The molecule has 0 unspecified atom stereocenters. The van der Waals surface area contributed by atoms with Crippen LogP contribution in [0.2, 0.25) is 5.02 Å². The number of pyridine rings is 1. The van der Waals surface area contributed by atoms with Crippen LogP contribution in [0.25, 0.3) is 0 Å². The normalized spacial score (nSPS) is 15.0. The molecule has 92 valence electrons. The number of anilines is 1. The lowest BCUT2D eigenvalue weighted by Gasteiger charge is -2.15. The van der Waals surface area contributed by atoms with Crippen molar-refractivity contribution in [2.75, 3.05) is 25.0 Å². The number of rotatable bonds is 4. The lowest BCUT2D eigenvalue weighted by atomic mass is 10.3. The minimum Gasteiger partial charge on any atom is -0.368 e. The molecule has 4 nitrogen and oxygen atoms in total. The Hall–Kier alpha value is -1.29. The van der Waals surface area contributed by atoms with Gasteiger partial charge in [-0.05, 0) is 25.0 Å². The fraction of sp³-hybridized carbons (Fsp3) is 0.500. The number of aromatic nitrogens is 1. The van der Waals surface area contributed by atoms with Gasteiger partial charge in [-0.15, -0.1) is 0 Å². The average molecular weight is 254 g/mol. The standard InChI is InChI=1S/C12H16ClN3O/c13-10-4-3-6-14-12(10)15-7-5-11(17)16-8-1-2-9-16/h3-4,6H,1-2,5,7-9H2,(H,14,15). The molecule has 0 saturated carbocycles. The van der Waals surface area contributed by atoms with Crippen molar-refractivity contribution in [3.05, 3.63) is 23.4 Å². The summed E-state index contributed by atoms with van der Waals surface area (Å²) in [7, 11) is 0. The van der Waals surface area contributed by atoms with Gasteiger partial charge in [0.15, 0.2) is 0 Å². The van der Waals surface area contributed by atoms with Crippen molar-refractivity contribution in [3.8, 4) is 0 Å². The predicted molar refractivity (Wildman–Crippen MR) is 68.2 cm³/mol. The number of nitrogens with zero attached hydrogens (tertiary/aromatic N) is 2. The average Bonchev–Trinajstić information content (AvgIpc) is 2.85. The third-order valence-electron chi connectivity index (χ3n) is 2.85. The minimum atomic E-state index is 0.210. The van der Waals surface area contributed by atoms with Crippen molar-refractivity contribution in [1.82, 2.24) is 9.88 Å². The van der Waals surface area contributed by atoms with Gasteiger partial charge in [0.2, 0.25) is 5.91 Å². The van der Waals surface area contributed by atoms with Crippen LogP contribution in [-0.4, -0.2) is 35.4 Å². The second-order valence-corrected chi connectivity index (χ2v) is 4.51. The lowest BCUT2D eigenvalue weighted by Crippen LogP contribution is -2.29. The number of carbonyl (C=O) groups is 1. The second kappa shape index (κ2) is 5.87. The Labute approximate surface area is 106 Å². The molecule has 0 aliphatic carbocycles. The van der Waals surface area contributed by atoms with Crippen LogP contribution in [0.4, 0.5) is 5.82 Å². The molecule has 1 saturated heterocycles. The van der Waals surface area contributed by atoms with E-state index in [2.05, 4.69) is 10.3 Å². The number of carbonyl (C=O) groups excluding carboxylic acids is 1. The monoisotopic (exact) mass is 253 g/mol. The third-order valence-corrected chi connectivity index (χ3v) is 3.15. The fourth-order valence-corrected chi connectivity index (χ4v) is 2.12. The number of likely N-dealkylation sites (tertiary alicyclic amines) is 1. The Morgan fingerprint density at radius 3 is 2.94 bits per heavy atom. The van der Waals surface area contributed by atoms with E-state index in [1.165, 1.54) is 0 Å². The molecular weight excluding hydrogens is 238 g/mol. The first-order valence-electron chi connectivity index (χ1n) is 5.89. The highest BCUT2D eigenvalue weighted by Gasteiger charge is 2.17. The van der Waals surface area contributed by atoms with E-state index >= 15 is 0 Å². The Morgan fingerprint density at radius 2 is 2.24 bits per heavy atom. The van der Waals surface area contributed by atoms with E-state index in [0.717, 1.165) is 25.9 Å². The molecule has 5 heteroatoms. The minimum absolute atomic E-state index is 0.210. The Bertz CT molecular complexity index is 391. The van der Waals surface area contributed by atoms with Crippen LogP contribution in [-0.2, 0) is 4.79 Å². The smallest absolute Gasteiger partial charge is 0.224 e. The van der Waals surface area contributed by atoms with Gasteiger partial charge in [-0.3, -0.25) is 4.79 Å². The van der Waals surface area contributed by atoms with Crippen LogP contribution < -0.4 is 5.32 Å². The molecule has 1 aliphatic rings. The van der Waals surface area contributed by atoms with Gasteiger partial charge in [-0.25, -0.2) is 4.98 Å². The van der Waals surface area contributed by atoms with E-state index in [-0.39, 0.29) is 5.91 Å². The van der Waals surface area contributed by atoms with E-state index in [4.69, 9.17) is 11.6 Å². The van der Waals surface area contributed by atoms with Gasteiger partial charge in [0.1, 0.15) is 5.82 Å². The first kappa shape index (κ1) is 12.2. The van der Waals surface area contributed by atoms with Gasteiger partial charge in [-0.1, -0.05) is 11.6 Å². The van der Waals surface area contributed by atoms with Crippen LogP contribution in [0.15, 0.2) is 18.3 Å². The molecule has 0 radical (unpaired) electrons. The molecule has 1 aliphatic heterocycles. The molecule has 0 aromatic carbocycles. The maximum absolute atomic E-state index is 11.8. The zero-order valence-corrected chi connectivity index (χ0v) is 10.4. The number of amides is 1. The van der Waals surface area contributed by atoms with Gasteiger partial charge in [0, 0.05) is 32.3 Å². The Kier molecular flexibility index (Phi) is 4.20. The van der Waals surface area contributed by atoms with E-state index in [0.29, 0.717) is 23.8 Å². The third kappa shape index (κ3) is 3.33. The molecule has 0 atom stereocenters. The zero-order chi connectivity index (χ0) is 12.1. The van der Waals surface area contributed by atoms with Gasteiger partial charge in [-0.2, -0.15) is 0 Å². The van der Waals surface area contributed by atoms with E-state index < -0.39 is 0 Å². The fourth-order valence-electron chi connectivity index (χ4n) is 1.93. The van der Waals surface area contributed by atoms with Crippen LogP contribution in [0.5, 0.6) is 0 Å². The number of halogens is 1. The molecule has 0 spiro atoms. The maximum atomic E-state index is 11.8. The van der Waals surface area contributed by atoms with Crippen molar-refractivity contribution in [2.24, 2.45) is 0 Å². The number of hydrogen-bond acceptors (Lipinski definition) is 3. The molecule has 1 aromatic heterocycles. The van der Waals surface area contributed by atoms with E-state index in [1.54, 1.807) is 18.3 Å². The first-order valence-corrected chi connectivity index (χ1v) is 6.27. The summed E-state index contributed by atoms with van der Waals surface area (Å²) in [6.07, 6.45) is 4.43. The van der Waals surface area contributed by atoms with Gasteiger partial charge < -0.3 is 10.2 Å². The van der Waals surface area contributed by atoms with Gasteiger partial charge >= 0.3 is 0 Å². The summed E-state index contributed by atoms with van der Waals surface area (Å²) in [6, 6.07) is 3.56. The largest absolute Gasteiger partial charge is 0.368 e. The molecule has 1 N–H and O–H groups in total.